The fraction of sp³-hybridized carbons (Fsp3) is 0.429. The van der Waals surface area contributed by atoms with Gasteiger partial charge >= 0.3 is 5.97 Å². The molecular weight excluding hydrogens is 312 g/mol. The first kappa shape index (κ1) is 14.6. The Morgan fingerprint density at radius 3 is 2.81 bits per heavy atom. The molecule has 0 spiro atoms. The highest BCUT2D eigenvalue weighted by atomic mass is 35.5. The molecule has 1 N–H and O–H groups in total. The summed E-state index contributed by atoms with van der Waals surface area (Å²) in [6.45, 7) is 2.86. The number of hydrogen-bond acceptors (Lipinski definition) is 5. The van der Waals surface area contributed by atoms with Gasteiger partial charge in [0.05, 0.1) is 10.7 Å². The number of nitrogens with zero attached hydrogens (tertiary/aromatic N) is 2. The second kappa shape index (κ2) is 6.17. The van der Waals surface area contributed by atoms with Crippen LogP contribution >= 0.6 is 22.9 Å². The highest BCUT2D eigenvalue weighted by molar-refractivity contribution is 7.10. The minimum Gasteiger partial charge on any atom is -0.475 e. The first-order valence-electron chi connectivity index (χ1n) is 6.77. The van der Waals surface area contributed by atoms with E-state index in [2.05, 4.69) is 10.1 Å². The lowest BCUT2D eigenvalue weighted by Crippen LogP contribution is -2.32. The molecular formula is C14H15ClN2O3S. The monoisotopic (exact) mass is 326 g/mol. The highest BCUT2D eigenvalue weighted by Crippen LogP contribution is 2.29. The van der Waals surface area contributed by atoms with Gasteiger partial charge in [0.25, 0.3) is 0 Å². The van der Waals surface area contributed by atoms with Crippen molar-refractivity contribution in [1.82, 2.24) is 10.1 Å². The van der Waals surface area contributed by atoms with Gasteiger partial charge in [0.1, 0.15) is 0 Å². The van der Waals surface area contributed by atoms with E-state index in [1.807, 2.05) is 11.4 Å². The van der Waals surface area contributed by atoms with Gasteiger partial charge in [-0.3, -0.25) is 4.90 Å². The molecule has 1 aliphatic heterocycles. The Kier molecular flexibility index (Phi) is 4.28. The molecule has 0 aromatic carbocycles. The maximum atomic E-state index is 10.8. The summed E-state index contributed by atoms with van der Waals surface area (Å²) >= 11 is 7.62. The van der Waals surface area contributed by atoms with Crippen molar-refractivity contribution < 1.29 is 14.4 Å². The molecule has 0 radical (unpaired) electrons. The average Bonchev–Trinajstić information content (AvgIpc) is 3.09. The number of thiophene rings is 1. The molecule has 1 fully saturated rings. The summed E-state index contributed by atoms with van der Waals surface area (Å²) in [4.78, 5) is 14.5. The lowest BCUT2D eigenvalue weighted by molar-refractivity contribution is 0.0652. The highest BCUT2D eigenvalue weighted by Gasteiger charge is 2.24. The van der Waals surface area contributed by atoms with Crippen molar-refractivity contribution in [1.29, 1.82) is 0 Å². The van der Waals surface area contributed by atoms with E-state index in [-0.39, 0.29) is 11.7 Å². The van der Waals surface area contributed by atoms with Crippen LogP contribution in [0.5, 0.6) is 0 Å². The van der Waals surface area contributed by atoms with Crippen LogP contribution in [0.2, 0.25) is 5.02 Å². The quantitative estimate of drug-likeness (QED) is 0.931. The summed E-state index contributed by atoms with van der Waals surface area (Å²) < 4.78 is 4.83. The number of halogens is 1. The molecule has 3 rings (SSSR count). The molecule has 21 heavy (non-hydrogen) atoms. The number of rotatable bonds is 4. The maximum absolute atomic E-state index is 10.8. The Morgan fingerprint density at radius 2 is 2.24 bits per heavy atom. The Morgan fingerprint density at radius 1 is 1.48 bits per heavy atom. The van der Waals surface area contributed by atoms with Crippen LogP contribution in [0, 0.1) is 0 Å². The molecule has 1 aliphatic rings. The van der Waals surface area contributed by atoms with Crippen LogP contribution in [-0.4, -0.2) is 34.2 Å². The lowest BCUT2D eigenvalue weighted by atomic mass is 9.93. The van der Waals surface area contributed by atoms with Gasteiger partial charge in [-0.1, -0.05) is 16.8 Å². The van der Waals surface area contributed by atoms with Gasteiger partial charge in [-0.05, 0) is 32.0 Å². The molecule has 2 aromatic rings. The van der Waals surface area contributed by atoms with Crippen LogP contribution in [0.25, 0.3) is 0 Å². The van der Waals surface area contributed by atoms with Crippen LogP contribution in [0.4, 0.5) is 0 Å². The first-order valence-corrected chi connectivity index (χ1v) is 8.03. The second-order valence-corrected chi connectivity index (χ2v) is 6.64. The van der Waals surface area contributed by atoms with Gasteiger partial charge in [-0.2, -0.15) is 0 Å². The van der Waals surface area contributed by atoms with E-state index < -0.39 is 5.97 Å². The third kappa shape index (κ3) is 3.45. The van der Waals surface area contributed by atoms with E-state index >= 15 is 0 Å². The second-order valence-electron chi connectivity index (χ2n) is 5.20. The minimum absolute atomic E-state index is 0.0827. The maximum Gasteiger partial charge on any atom is 0.374 e. The zero-order chi connectivity index (χ0) is 14.8. The zero-order valence-corrected chi connectivity index (χ0v) is 12.9. The molecule has 0 amide bonds. The van der Waals surface area contributed by atoms with Gasteiger partial charge in [0.15, 0.2) is 0 Å². The average molecular weight is 327 g/mol. The predicted octanol–water partition coefficient (Wildman–Crippen LogP) is 3.47. The molecule has 7 heteroatoms. The van der Waals surface area contributed by atoms with Gasteiger partial charge in [0, 0.05) is 28.8 Å². The normalized spacial score (nSPS) is 17.2. The van der Waals surface area contributed by atoms with Gasteiger partial charge in [-0.25, -0.2) is 4.79 Å². The molecule has 0 atom stereocenters. The minimum atomic E-state index is -1.07. The molecule has 112 valence electrons. The van der Waals surface area contributed by atoms with Crippen LogP contribution in [0.15, 0.2) is 22.0 Å². The van der Waals surface area contributed by atoms with Crippen molar-refractivity contribution in [3.8, 4) is 0 Å². The van der Waals surface area contributed by atoms with Crippen molar-refractivity contribution in [2.45, 2.75) is 25.3 Å². The van der Waals surface area contributed by atoms with Crippen molar-refractivity contribution >= 4 is 28.9 Å². The number of carbonyl (C=O) groups is 1. The summed E-state index contributed by atoms with van der Waals surface area (Å²) in [5, 5.41) is 15.5. The number of hydrogen-bond donors (Lipinski definition) is 1. The molecule has 0 unspecified atom stereocenters. The Balaban J connectivity index is 1.55. The Labute approximate surface area is 131 Å². The number of carboxylic acid groups (broad SMARTS) is 1. The van der Waals surface area contributed by atoms with Crippen molar-refractivity contribution in [3.63, 3.8) is 0 Å². The molecule has 2 aromatic heterocycles. The van der Waals surface area contributed by atoms with Gasteiger partial charge in [-0.15, -0.1) is 11.3 Å². The molecule has 0 bridgehead atoms. The molecule has 0 aliphatic carbocycles. The van der Waals surface area contributed by atoms with Crippen molar-refractivity contribution in [3.05, 3.63) is 38.9 Å². The molecule has 5 nitrogen and oxygen atoms in total. The smallest absolute Gasteiger partial charge is 0.374 e. The van der Waals surface area contributed by atoms with Crippen LogP contribution in [-0.2, 0) is 6.54 Å². The van der Waals surface area contributed by atoms with Crippen LogP contribution in [0.1, 0.15) is 39.9 Å². The summed E-state index contributed by atoms with van der Waals surface area (Å²) in [5.41, 5.74) is 0.756. The number of likely N-dealkylation sites (tertiary alicyclic amines) is 1. The summed E-state index contributed by atoms with van der Waals surface area (Å²) in [5.74, 6) is -0.869. The van der Waals surface area contributed by atoms with E-state index in [1.165, 1.54) is 4.88 Å². The number of aromatic nitrogens is 1. The lowest BCUT2D eigenvalue weighted by Gasteiger charge is -2.30. The molecule has 0 saturated carbocycles. The number of carboxylic acids is 1. The van der Waals surface area contributed by atoms with E-state index in [4.69, 9.17) is 21.2 Å². The summed E-state index contributed by atoms with van der Waals surface area (Å²) in [6.07, 6.45) is 1.93. The van der Waals surface area contributed by atoms with Gasteiger partial charge in [0.2, 0.25) is 5.76 Å². The molecule has 3 heterocycles. The van der Waals surface area contributed by atoms with Crippen molar-refractivity contribution in [2.75, 3.05) is 13.1 Å². The van der Waals surface area contributed by atoms with E-state index in [0.717, 1.165) is 43.2 Å². The fourth-order valence-electron chi connectivity index (χ4n) is 2.63. The Bertz CT molecular complexity index is 632. The van der Waals surface area contributed by atoms with Crippen LogP contribution in [0.3, 0.4) is 0 Å². The molecule has 1 saturated heterocycles. The summed E-state index contributed by atoms with van der Waals surface area (Å²) in [7, 11) is 0. The Hall–Kier alpha value is -1.37. The topological polar surface area (TPSA) is 66.6 Å². The number of aromatic carboxylic acids is 1. The standard InChI is InChI=1S/C14H15ClN2O3S/c15-10-5-11(21-8-10)7-17-3-1-9(2-4-17)12-6-13(14(18)19)20-16-12/h5-6,8-9H,1-4,7H2,(H,18,19). The third-order valence-electron chi connectivity index (χ3n) is 3.75. The van der Waals surface area contributed by atoms with Crippen LogP contribution < -0.4 is 0 Å². The van der Waals surface area contributed by atoms with E-state index in [0.29, 0.717) is 0 Å². The van der Waals surface area contributed by atoms with Gasteiger partial charge < -0.3 is 9.63 Å². The fourth-order valence-corrected chi connectivity index (χ4v) is 3.74. The van der Waals surface area contributed by atoms with Crippen molar-refractivity contribution in [2.24, 2.45) is 0 Å². The predicted molar refractivity (Wildman–Crippen MR) is 80.0 cm³/mol. The number of piperidine rings is 1. The largest absolute Gasteiger partial charge is 0.475 e. The summed E-state index contributed by atoms with van der Waals surface area (Å²) in [6, 6.07) is 3.55. The first-order chi connectivity index (χ1) is 10.1. The third-order valence-corrected chi connectivity index (χ3v) is 5.02. The SMILES string of the molecule is O=C(O)c1cc(C2CCN(Cc3cc(Cl)cs3)CC2)no1. The zero-order valence-electron chi connectivity index (χ0n) is 11.3. The van der Waals surface area contributed by atoms with E-state index in [9.17, 15) is 4.79 Å². The van der Waals surface area contributed by atoms with E-state index in [1.54, 1.807) is 17.4 Å².